The van der Waals surface area contributed by atoms with Crippen LogP contribution in [0.4, 0.5) is 0 Å². The Bertz CT molecular complexity index is 445. The molecule has 0 saturated carbocycles. The Hall–Kier alpha value is -1.05. The third-order valence-corrected chi connectivity index (χ3v) is 3.62. The van der Waals surface area contributed by atoms with Crippen molar-refractivity contribution in [3.8, 4) is 16.9 Å². The fourth-order valence-corrected chi connectivity index (χ4v) is 2.52. The number of rotatable bonds is 6. The smallest absolute Gasteiger partial charge is 0.141 e. The molecule has 0 saturated heterocycles. The standard InChI is InChI=1S/C13H16ClNO2S/c1-9(4-5-18-8-15)10-6-11(14)13(17-3)7-12(10)16-2/h6-7,9H,4-5H2,1-3H3. The van der Waals surface area contributed by atoms with Gasteiger partial charge in [-0.2, -0.15) is 5.26 Å². The number of nitriles is 1. The highest BCUT2D eigenvalue weighted by molar-refractivity contribution is 8.03. The maximum Gasteiger partial charge on any atom is 0.141 e. The second kappa shape index (κ2) is 7.40. The van der Waals surface area contributed by atoms with E-state index >= 15 is 0 Å². The average Bonchev–Trinajstić information content (AvgIpc) is 2.38. The first-order chi connectivity index (χ1) is 8.63. The van der Waals surface area contributed by atoms with Crippen molar-refractivity contribution < 1.29 is 9.47 Å². The molecular weight excluding hydrogens is 270 g/mol. The normalized spacial score (nSPS) is 11.7. The van der Waals surface area contributed by atoms with E-state index < -0.39 is 0 Å². The Morgan fingerprint density at radius 1 is 1.33 bits per heavy atom. The average molecular weight is 286 g/mol. The molecule has 3 nitrogen and oxygen atoms in total. The summed E-state index contributed by atoms with van der Waals surface area (Å²) in [6, 6.07) is 3.67. The molecule has 1 atom stereocenters. The molecule has 1 aromatic rings. The minimum atomic E-state index is 0.282. The van der Waals surface area contributed by atoms with E-state index in [1.165, 1.54) is 11.8 Å². The first kappa shape index (κ1) is 15.0. The number of thioether (sulfide) groups is 1. The van der Waals surface area contributed by atoms with Gasteiger partial charge in [0.15, 0.2) is 0 Å². The molecule has 0 N–H and O–H groups in total. The molecule has 0 aliphatic rings. The summed E-state index contributed by atoms with van der Waals surface area (Å²) in [5.74, 6) is 2.45. The Kier molecular flexibility index (Phi) is 6.17. The second-order valence-corrected chi connectivity index (χ2v) is 5.14. The number of hydrogen-bond donors (Lipinski definition) is 0. The zero-order valence-corrected chi connectivity index (χ0v) is 12.3. The van der Waals surface area contributed by atoms with Crippen LogP contribution in [0, 0.1) is 10.7 Å². The van der Waals surface area contributed by atoms with Crippen LogP contribution < -0.4 is 9.47 Å². The lowest BCUT2D eigenvalue weighted by Gasteiger charge is -2.17. The number of thiocyanates is 1. The lowest BCUT2D eigenvalue weighted by Crippen LogP contribution is -2.00. The fraction of sp³-hybridized carbons (Fsp3) is 0.462. The third kappa shape index (κ3) is 3.72. The Morgan fingerprint density at radius 3 is 2.56 bits per heavy atom. The van der Waals surface area contributed by atoms with Gasteiger partial charge in [0.25, 0.3) is 0 Å². The van der Waals surface area contributed by atoms with E-state index in [1.54, 1.807) is 20.3 Å². The van der Waals surface area contributed by atoms with Crippen molar-refractivity contribution in [3.05, 3.63) is 22.7 Å². The summed E-state index contributed by atoms with van der Waals surface area (Å²) in [7, 11) is 3.20. The molecule has 1 rings (SSSR count). The highest BCUT2D eigenvalue weighted by Gasteiger charge is 2.15. The molecule has 5 heteroatoms. The van der Waals surface area contributed by atoms with Gasteiger partial charge in [0, 0.05) is 11.8 Å². The minimum Gasteiger partial charge on any atom is -0.496 e. The summed E-state index contributed by atoms with van der Waals surface area (Å²) in [6.07, 6.45) is 0.900. The molecule has 0 aliphatic heterocycles. The van der Waals surface area contributed by atoms with Crippen LogP contribution in [0.25, 0.3) is 0 Å². The molecular formula is C13H16ClNO2S. The third-order valence-electron chi connectivity index (χ3n) is 2.75. The first-order valence-corrected chi connectivity index (χ1v) is 6.92. The molecule has 0 heterocycles. The van der Waals surface area contributed by atoms with Gasteiger partial charge in [-0.15, -0.1) is 0 Å². The SMILES string of the molecule is COc1cc(OC)c(C(C)CCSC#N)cc1Cl. The second-order valence-electron chi connectivity index (χ2n) is 3.86. The van der Waals surface area contributed by atoms with Crippen molar-refractivity contribution in [2.45, 2.75) is 19.3 Å². The van der Waals surface area contributed by atoms with Gasteiger partial charge in [-0.05, 0) is 35.7 Å². The summed E-state index contributed by atoms with van der Waals surface area (Å²) in [5.41, 5.74) is 1.04. The van der Waals surface area contributed by atoms with E-state index in [2.05, 4.69) is 12.3 Å². The number of methoxy groups -OCH3 is 2. The summed E-state index contributed by atoms with van der Waals surface area (Å²) >= 11 is 7.39. The summed E-state index contributed by atoms with van der Waals surface area (Å²) in [6.45, 7) is 2.10. The number of benzene rings is 1. The quantitative estimate of drug-likeness (QED) is 0.584. The van der Waals surface area contributed by atoms with E-state index in [9.17, 15) is 0 Å². The van der Waals surface area contributed by atoms with E-state index in [0.717, 1.165) is 23.5 Å². The van der Waals surface area contributed by atoms with E-state index in [-0.39, 0.29) is 5.92 Å². The fourth-order valence-electron chi connectivity index (χ4n) is 1.71. The van der Waals surface area contributed by atoms with Gasteiger partial charge in [0.05, 0.1) is 19.2 Å². The Labute approximate surface area is 117 Å². The van der Waals surface area contributed by atoms with Gasteiger partial charge >= 0.3 is 0 Å². The van der Waals surface area contributed by atoms with Gasteiger partial charge in [-0.3, -0.25) is 0 Å². The Morgan fingerprint density at radius 2 is 2.00 bits per heavy atom. The van der Waals surface area contributed by atoms with Crippen LogP contribution in [-0.4, -0.2) is 20.0 Å². The van der Waals surface area contributed by atoms with Crippen molar-refractivity contribution in [2.75, 3.05) is 20.0 Å². The molecule has 0 aromatic heterocycles. The van der Waals surface area contributed by atoms with Crippen molar-refractivity contribution in [2.24, 2.45) is 0 Å². The number of ether oxygens (including phenoxy) is 2. The zero-order chi connectivity index (χ0) is 13.5. The lowest BCUT2D eigenvalue weighted by atomic mass is 9.97. The van der Waals surface area contributed by atoms with Gasteiger partial charge < -0.3 is 9.47 Å². The molecule has 0 aliphatic carbocycles. The predicted molar refractivity (Wildman–Crippen MR) is 75.7 cm³/mol. The first-order valence-electron chi connectivity index (χ1n) is 5.56. The molecule has 1 aromatic carbocycles. The highest BCUT2D eigenvalue weighted by Crippen LogP contribution is 2.37. The van der Waals surface area contributed by atoms with Crippen molar-refractivity contribution in [3.63, 3.8) is 0 Å². The van der Waals surface area contributed by atoms with Gasteiger partial charge in [-0.1, -0.05) is 18.5 Å². The number of hydrogen-bond acceptors (Lipinski definition) is 4. The molecule has 0 spiro atoms. The van der Waals surface area contributed by atoms with Crippen molar-refractivity contribution in [1.29, 1.82) is 5.26 Å². The zero-order valence-electron chi connectivity index (χ0n) is 10.7. The minimum absolute atomic E-state index is 0.282. The molecule has 98 valence electrons. The molecule has 1 unspecified atom stereocenters. The monoisotopic (exact) mass is 285 g/mol. The van der Waals surface area contributed by atoms with Crippen LogP contribution in [0.5, 0.6) is 11.5 Å². The number of halogens is 1. The topological polar surface area (TPSA) is 42.2 Å². The predicted octanol–water partition coefficient (Wildman–Crippen LogP) is 4.07. The highest BCUT2D eigenvalue weighted by atomic mass is 35.5. The maximum absolute atomic E-state index is 8.51. The van der Waals surface area contributed by atoms with Crippen LogP contribution in [0.15, 0.2) is 12.1 Å². The summed E-state index contributed by atoms with van der Waals surface area (Å²) in [4.78, 5) is 0. The molecule has 0 amide bonds. The maximum atomic E-state index is 8.51. The van der Waals surface area contributed by atoms with Gasteiger partial charge in [0.2, 0.25) is 0 Å². The molecule has 0 bridgehead atoms. The van der Waals surface area contributed by atoms with Crippen LogP contribution >= 0.6 is 23.4 Å². The van der Waals surface area contributed by atoms with Gasteiger partial charge in [-0.25, -0.2) is 0 Å². The molecule has 0 fully saturated rings. The number of nitrogens with zero attached hydrogens (tertiary/aromatic N) is 1. The van der Waals surface area contributed by atoms with Crippen LogP contribution in [0.1, 0.15) is 24.8 Å². The van der Waals surface area contributed by atoms with Crippen molar-refractivity contribution in [1.82, 2.24) is 0 Å². The van der Waals surface area contributed by atoms with Crippen molar-refractivity contribution >= 4 is 23.4 Å². The van der Waals surface area contributed by atoms with E-state index in [0.29, 0.717) is 10.8 Å². The Balaban J connectivity index is 2.93. The largest absolute Gasteiger partial charge is 0.496 e. The van der Waals surface area contributed by atoms with Crippen LogP contribution in [-0.2, 0) is 0 Å². The lowest BCUT2D eigenvalue weighted by molar-refractivity contribution is 0.389. The van der Waals surface area contributed by atoms with E-state index in [1.807, 2.05) is 6.07 Å². The summed E-state index contributed by atoms with van der Waals surface area (Å²) < 4.78 is 10.5. The van der Waals surface area contributed by atoms with Crippen LogP contribution in [0.3, 0.4) is 0 Å². The summed E-state index contributed by atoms with van der Waals surface area (Å²) in [5, 5.41) is 11.2. The van der Waals surface area contributed by atoms with Gasteiger partial charge in [0.1, 0.15) is 16.9 Å². The van der Waals surface area contributed by atoms with E-state index in [4.69, 9.17) is 26.3 Å². The molecule has 18 heavy (non-hydrogen) atoms. The van der Waals surface area contributed by atoms with Crippen LogP contribution in [0.2, 0.25) is 5.02 Å². The molecule has 0 radical (unpaired) electrons.